The van der Waals surface area contributed by atoms with Crippen LogP contribution in [0.4, 0.5) is 26.3 Å². The first-order valence-electron chi connectivity index (χ1n) is 19.5. The highest BCUT2D eigenvalue weighted by Crippen LogP contribution is 2.49. The van der Waals surface area contributed by atoms with Gasteiger partial charge < -0.3 is 18.0 Å². The molecule has 0 aliphatic heterocycles. The Kier molecular flexibility index (Phi) is 7.26. The molecule has 0 saturated heterocycles. The molecule has 0 aliphatic carbocycles. The molecule has 298 valence electrons. The van der Waals surface area contributed by atoms with Gasteiger partial charge in [-0.2, -0.15) is 31.6 Å². The third-order valence-corrected chi connectivity index (χ3v) is 12.0. The van der Waals surface area contributed by atoms with Crippen molar-refractivity contribution in [2.45, 2.75) is 12.4 Å². The Morgan fingerprint density at radius 1 is 0.435 bits per heavy atom. The maximum atomic E-state index is 15.1. The van der Waals surface area contributed by atoms with E-state index in [9.17, 15) is 5.26 Å². The van der Waals surface area contributed by atoms with Gasteiger partial charge >= 0.3 is 12.4 Å². The number of rotatable bonds is 3. The molecule has 0 spiro atoms. The lowest BCUT2D eigenvalue weighted by Crippen LogP contribution is -2.15. The van der Waals surface area contributed by atoms with Gasteiger partial charge in [0.1, 0.15) is 22.8 Å². The maximum Gasteiger partial charge on any atom is 0.417 e. The summed E-state index contributed by atoms with van der Waals surface area (Å²) in [6.45, 7) is 0. The number of furan rings is 2. The number of benzene rings is 8. The number of aromatic nitrogens is 2. The van der Waals surface area contributed by atoms with Gasteiger partial charge in [0.05, 0.1) is 44.6 Å². The molecule has 12 aromatic rings. The normalized spacial score (nSPS) is 12.7. The van der Waals surface area contributed by atoms with Crippen LogP contribution in [0.3, 0.4) is 0 Å². The van der Waals surface area contributed by atoms with Gasteiger partial charge in [-0.05, 0) is 66.2 Å². The second-order valence-corrected chi connectivity index (χ2v) is 15.3. The molecular formula is C51H25F6N3O2. The maximum absolute atomic E-state index is 15.1. The summed E-state index contributed by atoms with van der Waals surface area (Å²) < 4.78 is 107. The average molecular weight is 826 g/mol. The number of nitrogens with zero attached hydrogens (tertiary/aromatic N) is 3. The van der Waals surface area contributed by atoms with Crippen LogP contribution in [0.15, 0.2) is 160 Å². The van der Waals surface area contributed by atoms with Crippen molar-refractivity contribution in [3.05, 3.63) is 168 Å². The van der Waals surface area contributed by atoms with Crippen molar-refractivity contribution in [3.8, 4) is 28.6 Å². The molecule has 12 rings (SSSR count). The minimum Gasteiger partial charge on any atom is -0.454 e. The summed E-state index contributed by atoms with van der Waals surface area (Å²) in [7, 11) is 0. The fraction of sp³-hybridized carbons (Fsp3) is 0.0392. The minimum atomic E-state index is -5.19. The monoisotopic (exact) mass is 825 g/mol. The molecule has 0 fully saturated rings. The highest BCUT2D eigenvalue weighted by Gasteiger charge is 2.41. The van der Waals surface area contributed by atoms with Gasteiger partial charge in [0.2, 0.25) is 0 Å². The Hall–Kier alpha value is -7.97. The zero-order valence-electron chi connectivity index (χ0n) is 31.9. The van der Waals surface area contributed by atoms with Crippen LogP contribution in [0.2, 0.25) is 0 Å². The third kappa shape index (κ3) is 4.92. The van der Waals surface area contributed by atoms with E-state index in [1.165, 1.54) is 12.1 Å². The van der Waals surface area contributed by atoms with Gasteiger partial charge in [-0.3, -0.25) is 0 Å². The zero-order valence-corrected chi connectivity index (χ0v) is 31.9. The zero-order chi connectivity index (χ0) is 42.2. The van der Waals surface area contributed by atoms with Crippen molar-refractivity contribution in [3.63, 3.8) is 0 Å². The molecular weight excluding hydrogens is 801 g/mol. The fourth-order valence-electron chi connectivity index (χ4n) is 9.52. The molecule has 4 heterocycles. The molecule has 0 amide bonds. The second-order valence-electron chi connectivity index (χ2n) is 15.3. The highest BCUT2D eigenvalue weighted by atomic mass is 19.4. The van der Waals surface area contributed by atoms with E-state index in [1.54, 1.807) is 33.4 Å². The molecule has 0 atom stereocenters. The van der Waals surface area contributed by atoms with Crippen molar-refractivity contribution in [1.82, 2.24) is 9.13 Å². The largest absolute Gasteiger partial charge is 0.454 e. The van der Waals surface area contributed by atoms with Gasteiger partial charge in [0, 0.05) is 48.7 Å². The molecule has 8 aromatic carbocycles. The Balaban J connectivity index is 1.33. The lowest BCUT2D eigenvalue weighted by Gasteiger charge is -2.22. The SMILES string of the molecule is N#Cc1c(-n2c3ccccc3c3ccc4c5ccccc5oc4c32)cc(-c2c(C(F)(F)F)cccc2C(F)(F)F)cc1-n1c2ccccc2c2ccc3c4ccccc4oc3c21. The van der Waals surface area contributed by atoms with Gasteiger partial charge in [0.25, 0.3) is 0 Å². The van der Waals surface area contributed by atoms with Crippen LogP contribution in [0, 0.1) is 11.3 Å². The van der Waals surface area contributed by atoms with Crippen LogP contribution >= 0.6 is 0 Å². The first-order valence-corrected chi connectivity index (χ1v) is 19.5. The van der Waals surface area contributed by atoms with E-state index in [1.807, 2.05) is 97.1 Å². The van der Waals surface area contributed by atoms with Crippen molar-refractivity contribution < 1.29 is 35.2 Å². The van der Waals surface area contributed by atoms with Gasteiger partial charge in [-0.15, -0.1) is 0 Å². The number of hydrogen-bond acceptors (Lipinski definition) is 3. The third-order valence-electron chi connectivity index (χ3n) is 12.0. The quantitative estimate of drug-likeness (QED) is 0.167. The smallest absolute Gasteiger partial charge is 0.417 e. The molecule has 5 nitrogen and oxygen atoms in total. The van der Waals surface area contributed by atoms with Crippen molar-refractivity contribution >= 4 is 87.5 Å². The van der Waals surface area contributed by atoms with Crippen molar-refractivity contribution in [2.24, 2.45) is 0 Å². The number of halogens is 6. The molecule has 11 heteroatoms. The summed E-state index contributed by atoms with van der Waals surface area (Å²) in [6.07, 6.45) is -10.4. The van der Waals surface area contributed by atoms with E-state index in [-0.39, 0.29) is 16.9 Å². The van der Waals surface area contributed by atoms with Crippen LogP contribution in [0.25, 0.3) is 110 Å². The number of fused-ring (bicyclic) bond motifs is 14. The standard InChI is InChI=1S/C51H25F6N3O2/c52-50(53,54)37-14-9-15-38(51(55,56)57)45(37)27-24-41(59-39-16-5-1-10-28(39)32-20-22-34-30-12-3-7-18-43(30)61-48(34)46(32)59)36(26-58)42(25-27)60-40-17-6-2-11-29(40)33-21-23-35-31-13-4-8-19-44(31)62-49(35)47(33)60/h1-25H. The van der Waals surface area contributed by atoms with E-state index in [0.29, 0.717) is 67.3 Å². The van der Waals surface area contributed by atoms with Gasteiger partial charge in [-0.1, -0.05) is 91.0 Å². The van der Waals surface area contributed by atoms with Crippen molar-refractivity contribution in [1.29, 1.82) is 5.26 Å². The van der Waals surface area contributed by atoms with Crippen LogP contribution in [-0.4, -0.2) is 9.13 Å². The molecule has 0 aliphatic rings. The summed E-state index contributed by atoms with van der Waals surface area (Å²) >= 11 is 0. The van der Waals surface area contributed by atoms with Crippen molar-refractivity contribution in [2.75, 3.05) is 0 Å². The van der Waals surface area contributed by atoms with Crippen LogP contribution in [-0.2, 0) is 12.4 Å². The molecule has 0 bridgehead atoms. The summed E-state index contributed by atoms with van der Waals surface area (Å²) in [4.78, 5) is 0. The number of para-hydroxylation sites is 4. The minimum absolute atomic E-state index is 0.0154. The van der Waals surface area contributed by atoms with E-state index < -0.39 is 34.6 Å². The molecule has 0 N–H and O–H groups in total. The highest BCUT2D eigenvalue weighted by molar-refractivity contribution is 6.23. The van der Waals surface area contributed by atoms with E-state index >= 15 is 26.3 Å². The topological polar surface area (TPSA) is 59.9 Å². The fourth-order valence-corrected chi connectivity index (χ4v) is 9.52. The summed E-state index contributed by atoms with van der Waals surface area (Å²) in [5, 5.41) is 17.5. The van der Waals surface area contributed by atoms with E-state index in [0.717, 1.165) is 38.4 Å². The summed E-state index contributed by atoms with van der Waals surface area (Å²) in [5.74, 6) is 0. The lowest BCUT2D eigenvalue weighted by atomic mass is 9.91. The van der Waals surface area contributed by atoms with E-state index in [4.69, 9.17) is 8.83 Å². The number of hydrogen-bond donors (Lipinski definition) is 0. The molecule has 0 radical (unpaired) electrons. The average Bonchev–Trinajstić information content (AvgIpc) is 4.03. The predicted octanol–water partition coefficient (Wildman–Crippen LogP) is 15.3. The molecule has 0 unspecified atom stereocenters. The first kappa shape index (κ1) is 35.9. The summed E-state index contributed by atoms with van der Waals surface area (Å²) in [5.41, 5.74) is -0.230. The molecule has 0 saturated carbocycles. The predicted molar refractivity (Wildman–Crippen MR) is 230 cm³/mol. The van der Waals surface area contributed by atoms with E-state index in [2.05, 4.69) is 6.07 Å². The Morgan fingerprint density at radius 2 is 0.839 bits per heavy atom. The van der Waals surface area contributed by atoms with Crippen LogP contribution in [0.1, 0.15) is 16.7 Å². The summed E-state index contributed by atoms with van der Waals surface area (Å²) in [6, 6.07) is 44.2. The Labute approximate surface area is 345 Å². The van der Waals surface area contributed by atoms with Crippen LogP contribution in [0.5, 0.6) is 0 Å². The second kappa shape index (κ2) is 12.5. The number of nitriles is 1. The van der Waals surface area contributed by atoms with Crippen LogP contribution < -0.4 is 0 Å². The van der Waals surface area contributed by atoms with Gasteiger partial charge in [0.15, 0.2) is 11.2 Å². The molecule has 4 aromatic heterocycles. The Morgan fingerprint density at radius 3 is 1.27 bits per heavy atom. The first-order chi connectivity index (χ1) is 30.0. The number of alkyl halides is 6. The Bertz CT molecular complexity index is 3690. The molecule has 62 heavy (non-hydrogen) atoms. The van der Waals surface area contributed by atoms with Gasteiger partial charge in [-0.25, -0.2) is 0 Å². The lowest BCUT2D eigenvalue weighted by molar-refractivity contribution is -0.142.